The monoisotopic (exact) mass is 837 g/mol. The molecule has 0 atom stereocenters. The van der Waals surface area contributed by atoms with Gasteiger partial charge in [0.05, 0.1) is 60.0 Å². The first kappa shape index (κ1) is 42.1. The van der Waals surface area contributed by atoms with Gasteiger partial charge in [-0.1, -0.05) is 32.0 Å². The number of ether oxygens (including phenoxy) is 2. The average Bonchev–Trinajstić information content (AvgIpc) is 3.89. The van der Waals surface area contributed by atoms with E-state index in [1.165, 1.54) is 12.1 Å². The minimum absolute atomic E-state index is 0.0902. The van der Waals surface area contributed by atoms with E-state index in [0.717, 1.165) is 60.4 Å². The molecule has 18 heteroatoms. The van der Waals surface area contributed by atoms with Crippen LogP contribution in [-0.4, -0.2) is 88.7 Å². The number of sulfonamides is 1. The van der Waals surface area contributed by atoms with Gasteiger partial charge in [0.15, 0.2) is 9.84 Å². The second kappa shape index (κ2) is 18.4. The molecule has 4 aliphatic heterocycles. The molecule has 0 fully saturated rings. The van der Waals surface area contributed by atoms with Gasteiger partial charge in [-0.15, -0.1) is 0 Å². The summed E-state index contributed by atoms with van der Waals surface area (Å²) < 4.78 is 69.8. The predicted octanol–water partition coefficient (Wildman–Crippen LogP) is 6.32. The quantitative estimate of drug-likeness (QED) is 0.187. The van der Waals surface area contributed by atoms with Gasteiger partial charge in [-0.2, -0.15) is 10.5 Å². The number of fused-ring (bicyclic) bond motifs is 6. The Balaban J connectivity index is 0.000000174. The molecule has 0 unspecified atom stereocenters. The van der Waals surface area contributed by atoms with Gasteiger partial charge in [-0.05, 0) is 73.0 Å². The highest BCUT2D eigenvalue weighted by molar-refractivity contribution is 7.90. The number of halogens is 1. The van der Waals surface area contributed by atoms with Gasteiger partial charge < -0.3 is 19.3 Å². The lowest BCUT2D eigenvalue weighted by molar-refractivity contribution is 0.474. The van der Waals surface area contributed by atoms with E-state index in [-0.39, 0.29) is 34.1 Å². The minimum Gasteiger partial charge on any atom is -0.456 e. The first-order valence-electron chi connectivity index (χ1n) is 18.6. The summed E-state index contributed by atoms with van der Waals surface area (Å²) in [6.07, 6.45) is 4.69. The molecule has 0 amide bonds. The lowest BCUT2D eigenvalue weighted by Crippen LogP contribution is -2.29. The molecule has 4 heterocycles. The van der Waals surface area contributed by atoms with Crippen molar-refractivity contribution in [3.8, 4) is 35.1 Å². The zero-order valence-electron chi connectivity index (χ0n) is 32.2. The molecule has 8 rings (SSSR count). The molecule has 4 aliphatic rings. The fourth-order valence-electron chi connectivity index (χ4n) is 6.40. The summed E-state index contributed by atoms with van der Waals surface area (Å²) in [6.45, 7) is 6.65. The zero-order chi connectivity index (χ0) is 42.2. The number of benzene rings is 4. The third-order valence-electron chi connectivity index (χ3n) is 8.99. The molecule has 0 saturated carbocycles. The number of amidine groups is 2. The van der Waals surface area contributed by atoms with Gasteiger partial charge in [0.25, 0.3) is 0 Å². The molecule has 4 aromatic carbocycles. The Kier molecular flexibility index (Phi) is 13.2. The SMILES string of the molecule is CCCS(=O)(=O)Cc1cccc(Oc2ccc3c(c2)C2=NCCN2C=N3)c1C#N.CCCS(N)(=O)=O.N#Cc1c(F)cccc1Oc1ccc2c(c1)C1=NCCN1C=N2. The van der Waals surface area contributed by atoms with E-state index in [9.17, 15) is 26.5 Å². The van der Waals surface area contributed by atoms with Crippen molar-refractivity contribution >= 4 is 55.6 Å². The topological polar surface area (TPSA) is 216 Å². The van der Waals surface area contributed by atoms with E-state index < -0.39 is 25.7 Å². The Bertz CT molecular complexity index is 2690. The largest absolute Gasteiger partial charge is 0.456 e. The second-order valence-corrected chi connectivity index (χ2v) is 17.4. The highest BCUT2D eigenvalue weighted by Gasteiger charge is 2.26. The van der Waals surface area contributed by atoms with Crippen LogP contribution in [0.1, 0.15) is 54.5 Å². The highest BCUT2D eigenvalue weighted by atomic mass is 32.2. The number of hydrogen-bond acceptors (Lipinski definition) is 14. The molecular weight excluding hydrogens is 798 g/mol. The number of sulfone groups is 1. The summed E-state index contributed by atoms with van der Waals surface area (Å²) in [5.74, 6) is 2.71. The lowest BCUT2D eigenvalue weighted by atomic mass is 10.1. The highest BCUT2D eigenvalue weighted by Crippen LogP contribution is 2.35. The molecule has 0 radical (unpaired) electrons. The Hall–Kier alpha value is -6.47. The van der Waals surface area contributed by atoms with Crippen molar-refractivity contribution in [1.29, 1.82) is 10.5 Å². The first-order valence-corrected chi connectivity index (χ1v) is 22.1. The molecule has 0 aromatic heterocycles. The summed E-state index contributed by atoms with van der Waals surface area (Å²) >= 11 is 0. The molecule has 0 spiro atoms. The van der Waals surface area contributed by atoms with Crippen LogP contribution < -0.4 is 14.6 Å². The summed E-state index contributed by atoms with van der Waals surface area (Å²) in [5, 5.41) is 23.3. The maximum absolute atomic E-state index is 13.7. The minimum atomic E-state index is -3.27. The molecular formula is C41H40FN9O6S2. The van der Waals surface area contributed by atoms with Gasteiger partial charge in [0, 0.05) is 24.2 Å². The van der Waals surface area contributed by atoms with Crippen LogP contribution in [0.15, 0.2) is 92.8 Å². The molecule has 59 heavy (non-hydrogen) atoms. The number of rotatable bonds is 10. The lowest BCUT2D eigenvalue weighted by Gasteiger charge is -2.21. The Labute approximate surface area is 342 Å². The maximum atomic E-state index is 13.7. The summed E-state index contributed by atoms with van der Waals surface area (Å²) in [7, 11) is -6.45. The van der Waals surface area contributed by atoms with Crippen LogP contribution in [0.2, 0.25) is 0 Å². The molecule has 15 nitrogen and oxygen atoms in total. The van der Waals surface area contributed by atoms with Crippen molar-refractivity contribution in [2.75, 3.05) is 37.7 Å². The van der Waals surface area contributed by atoms with Gasteiger partial charge in [0.1, 0.15) is 58.2 Å². The van der Waals surface area contributed by atoms with E-state index in [1.807, 2.05) is 47.1 Å². The van der Waals surface area contributed by atoms with Crippen molar-refractivity contribution < 1.29 is 30.7 Å². The molecule has 0 saturated heterocycles. The van der Waals surface area contributed by atoms with Gasteiger partial charge in [0.2, 0.25) is 10.0 Å². The van der Waals surface area contributed by atoms with E-state index in [1.54, 1.807) is 56.0 Å². The normalized spacial score (nSPS) is 14.4. The summed E-state index contributed by atoms with van der Waals surface area (Å²) in [6, 6.07) is 24.1. The van der Waals surface area contributed by atoms with E-state index >= 15 is 0 Å². The van der Waals surface area contributed by atoms with Crippen molar-refractivity contribution in [3.63, 3.8) is 0 Å². The number of nitriles is 2. The number of aliphatic imine (C=N–C) groups is 4. The predicted molar refractivity (Wildman–Crippen MR) is 224 cm³/mol. The smallest absolute Gasteiger partial charge is 0.209 e. The Morgan fingerprint density at radius 3 is 1.71 bits per heavy atom. The molecule has 0 bridgehead atoms. The van der Waals surface area contributed by atoms with Crippen LogP contribution in [-0.2, 0) is 25.6 Å². The molecule has 4 aromatic rings. The van der Waals surface area contributed by atoms with Crippen LogP contribution in [0.5, 0.6) is 23.0 Å². The third-order valence-corrected chi connectivity index (χ3v) is 11.7. The third kappa shape index (κ3) is 10.3. The molecule has 304 valence electrons. The van der Waals surface area contributed by atoms with Crippen LogP contribution in [0.3, 0.4) is 0 Å². The van der Waals surface area contributed by atoms with Gasteiger partial charge in [-0.3, -0.25) is 9.98 Å². The van der Waals surface area contributed by atoms with E-state index in [4.69, 9.17) is 14.7 Å². The van der Waals surface area contributed by atoms with Crippen molar-refractivity contribution in [2.24, 2.45) is 25.1 Å². The number of nitrogens with two attached hydrogens (primary N) is 1. The van der Waals surface area contributed by atoms with E-state index in [2.05, 4.69) is 31.2 Å². The number of primary sulfonamides is 1. The fraction of sp³-hybridized carbons (Fsp3) is 0.268. The second-order valence-electron chi connectivity index (χ2n) is 13.4. The maximum Gasteiger partial charge on any atom is 0.209 e. The van der Waals surface area contributed by atoms with Crippen LogP contribution in [0.4, 0.5) is 15.8 Å². The van der Waals surface area contributed by atoms with Crippen LogP contribution in [0.25, 0.3) is 0 Å². The van der Waals surface area contributed by atoms with Crippen LogP contribution >= 0.6 is 0 Å². The van der Waals surface area contributed by atoms with Crippen LogP contribution in [0, 0.1) is 28.5 Å². The summed E-state index contributed by atoms with van der Waals surface area (Å²) in [5.41, 5.74) is 3.96. The van der Waals surface area contributed by atoms with Gasteiger partial charge >= 0.3 is 0 Å². The number of nitrogens with zero attached hydrogens (tertiary/aromatic N) is 8. The van der Waals surface area contributed by atoms with Crippen molar-refractivity contribution in [3.05, 3.63) is 106 Å². The number of hydrogen-bond donors (Lipinski definition) is 1. The first-order chi connectivity index (χ1) is 28.3. The standard InChI is InChI=1S/C21H20N4O3S.C17H11FN4O.C3H9NO2S/c1-2-10-29(26,27)13-15-4-3-5-20(18(15)12-22)28-16-6-7-19-17(11-16)21-23-8-9-25(21)14-24-19;18-14-2-1-3-16(13(14)9-19)23-11-4-5-15-12(8-11)17-20-6-7-22(17)10-21-15;1-2-3-7(4,5)6/h3-7,11,14H,2,8-10,13H2,1H3;1-5,8,10H,6-7H2;2-3H2,1H3,(H2,4,5,6). The average molecular weight is 838 g/mol. The fourth-order valence-corrected chi connectivity index (χ4v) is 8.44. The van der Waals surface area contributed by atoms with Crippen molar-refractivity contribution in [1.82, 2.24) is 9.80 Å². The summed E-state index contributed by atoms with van der Waals surface area (Å²) in [4.78, 5) is 21.8. The Morgan fingerprint density at radius 2 is 1.24 bits per heavy atom. The molecule has 2 N–H and O–H groups in total. The van der Waals surface area contributed by atoms with Gasteiger partial charge in [-0.25, -0.2) is 36.3 Å². The Morgan fingerprint density at radius 1 is 0.729 bits per heavy atom. The zero-order valence-corrected chi connectivity index (χ0v) is 33.9. The van der Waals surface area contributed by atoms with Crippen molar-refractivity contribution in [2.45, 2.75) is 32.4 Å². The molecule has 0 aliphatic carbocycles. The van der Waals surface area contributed by atoms with E-state index in [0.29, 0.717) is 35.7 Å².